The van der Waals surface area contributed by atoms with E-state index in [0.717, 1.165) is 44.7 Å². The van der Waals surface area contributed by atoms with Gasteiger partial charge in [0.15, 0.2) is 5.96 Å². The first-order chi connectivity index (χ1) is 14.7. The van der Waals surface area contributed by atoms with Crippen LogP contribution in [0.15, 0.2) is 35.3 Å². The molecule has 0 bridgehead atoms. The molecule has 1 saturated heterocycles. The van der Waals surface area contributed by atoms with Gasteiger partial charge >= 0.3 is 0 Å². The number of aliphatic imine (C=N–C) groups is 1. The third kappa shape index (κ3) is 10.5. The number of nitrogens with zero attached hydrogens (tertiary/aromatic N) is 4. The van der Waals surface area contributed by atoms with Gasteiger partial charge in [0.25, 0.3) is 0 Å². The van der Waals surface area contributed by atoms with Gasteiger partial charge in [-0.1, -0.05) is 30.3 Å². The van der Waals surface area contributed by atoms with Crippen molar-refractivity contribution in [2.45, 2.75) is 32.2 Å². The molecule has 176 valence electrons. The Morgan fingerprint density at radius 3 is 2.48 bits per heavy atom. The van der Waals surface area contributed by atoms with Crippen LogP contribution < -0.4 is 5.32 Å². The van der Waals surface area contributed by atoms with Crippen LogP contribution in [0, 0.1) is 5.92 Å². The summed E-state index contributed by atoms with van der Waals surface area (Å²) in [5, 5.41) is 3.50. The van der Waals surface area contributed by atoms with Crippen molar-refractivity contribution in [3.63, 3.8) is 0 Å². The topological polar surface area (TPSA) is 43.3 Å². The van der Waals surface area contributed by atoms with Gasteiger partial charge in [-0.3, -0.25) is 9.89 Å². The van der Waals surface area contributed by atoms with Crippen LogP contribution >= 0.6 is 24.0 Å². The monoisotopic (exact) mass is 543 g/mol. The molecule has 0 atom stereocenters. The minimum Gasteiger partial charge on any atom is -0.379 e. The van der Waals surface area contributed by atoms with E-state index in [1.54, 1.807) is 0 Å². The van der Waals surface area contributed by atoms with Gasteiger partial charge in [0.05, 0.1) is 6.61 Å². The fourth-order valence-electron chi connectivity index (χ4n) is 3.90. The Kier molecular flexibility index (Phi) is 12.8. The lowest BCUT2D eigenvalue weighted by molar-refractivity contribution is 0.115. The van der Waals surface area contributed by atoms with Crippen LogP contribution in [-0.2, 0) is 11.3 Å². The Labute approximate surface area is 206 Å². The highest BCUT2D eigenvalue weighted by molar-refractivity contribution is 14.0. The average molecular weight is 544 g/mol. The number of ether oxygens (including phenoxy) is 1. The van der Waals surface area contributed by atoms with E-state index in [-0.39, 0.29) is 24.0 Å². The molecule has 31 heavy (non-hydrogen) atoms. The second-order valence-electron chi connectivity index (χ2n) is 8.72. The zero-order valence-corrected chi connectivity index (χ0v) is 21.8. The number of hydrogen-bond donors (Lipinski definition) is 1. The van der Waals surface area contributed by atoms with Crippen molar-refractivity contribution in [3.8, 4) is 0 Å². The van der Waals surface area contributed by atoms with Crippen LogP contribution in [0.3, 0.4) is 0 Å². The Morgan fingerprint density at radius 2 is 1.81 bits per heavy atom. The average Bonchev–Trinajstić information content (AvgIpc) is 3.60. The number of nitrogens with one attached hydrogen (secondary N) is 1. The van der Waals surface area contributed by atoms with Crippen LogP contribution in [0.2, 0.25) is 0 Å². The zero-order valence-electron chi connectivity index (χ0n) is 19.5. The lowest BCUT2D eigenvalue weighted by atomic mass is 10.2. The standard InChI is InChI=1S/C24H41N5O.HI/c1-25-24(27(2)18-19-30-21-23-10-11-23)26-12-6-7-13-28-14-16-29(17-15-28)20-22-8-4-3-5-9-22;/h3-5,8-9,23H,6-7,10-21H2,1-2H3,(H,25,26);1H. The Morgan fingerprint density at radius 1 is 1.10 bits per heavy atom. The lowest BCUT2D eigenvalue weighted by Crippen LogP contribution is -2.46. The van der Waals surface area contributed by atoms with Gasteiger partial charge in [-0.15, -0.1) is 24.0 Å². The normalized spacial score (nSPS) is 17.9. The molecule has 2 aliphatic rings. The minimum absolute atomic E-state index is 0. The van der Waals surface area contributed by atoms with Gasteiger partial charge in [0.2, 0.25) is 0 Å². The maximum atomic E-state index is 5.74. The Balaban J connectivity index is 0.00000341. The molecule has 0 unspecified atom stereocenters. The Hall–Kier alpha value is -0.900. The molecule has 1 aromatic rings. The maximum Gasteiger partial charge on any atom is 0.193 e. The van der Waals surface area contributed by atoms with Crippen molar-refractivity contribution in [3.05, 3.63) is 35.9 Å². The van der Waals surface area contributed by atoms with Gasteiger partial charge in [-0.25, -0.2) is 0 Å². The van der Waals surface area contributed by atoms with Crippen LogP contribution in [0.5, 0.6) is 0 Å². The highest BCUT2D eigenvalue weighted by Gasteiger charge is 2.21. The zero-order chi connectivity index (χ0) is 21.0. The number of piperazine rings is 1. The molecule has 1 aliphatic heterocycles. The van der Waals surface area contributed by atoms with Crippen molar-refractivity contribution in [1.29, 1.82) is 0 Å². The van der Waals surface area contributed by atoms with Gasteiger partial charge in [0, 0.05) is 66.5 Å². The summed E-state index contributed by atoms with van der Waals surface area (Å²) in [6.45, 7) is 10.6. The number of benzene rings is 1. The quantitative estimate of drug-likeness (QED) is 0.190. The molecule has 1 aliphatic carbocycles. The highest BCUT2D eigenvalue weighted by atomic mass is 127. The SMILES string of the molecule is CN=C(NCCCCN1CCN(Cc2ccccc2)CC1)N(C)CCOCC1CC1.I. The molecular formula is C24H42IN5O. The second-order valence-corrected chi connectivity index (χ2v) is 8.72. The number of unbranched alkanes of at least 4 members (excludes halogenated alkanes) is 1. The van der Waals surface area contributed by atoms with E-state index in [2.05, 4.69) is 62.4 Å². The third-order valence-electron chi connectivity index (χ3n) is 6.09. The molecule has 0 radical (unpaired) electrons. The summed E-state index contributed by atoms with van der Waals surface area (Å²) in [7, 11) is 3.95. The number of rotatable bonds is 12. The third-order valence-corrected chi connectivity index (χ3v) is 6.09. The second kappa shape index (κ2) is 15.0. The Bertz CT molecular complexity index is 618. The molecule has 6 nitrogen and oxygen atoms in total. The fourth-order valence-corrected chi connectivity index (χ4v) is 3.90. The summed E-state index contributed by atoms with van der Waals surface area (Å²) >= 11 is 0. The predicted molar refractivity (Wildman–Crippen MR) is 140 cm³/mol. The van der Waals surface area contributed by atoms with Gasteiger partial charge in [-0.2, -0.15) is 0 Å². The van der Waals surface area contributed by atoms with Gasteiger partial charge in [-0.05, 0) is 43.7 Å². The van der Waals surface area contributed by atoms with Crippen LogP contribution in [0.25, 0.3) is 0 Å². The molecule has 3 rings (SSSR count). The van der Waals surface area contributed by atoms with E-state index in [9.17, 15) is 0 Å². The summed E-state index contributed by atoms with van der Waals surface area (Å²) in [6.07, 6.45) is 5.11. The van der Waals surface area contributed by atoms with E-state index in [1.165, 1.54) is 64.0 Å². The van der Waals surface area contributed by atoms with E-state index >= 15 is 0 Å². The summed E-state index contributed by atoms with van der Waals surface area (Å²) < 4.78 is 5.74. The summed E-state index contributed by atoms with van der Waals surface area (Å²) in [6, 6.07) is 10.8. The van der Waals surface area contributed by atoms with E-state index in [1.807, 2.05) is 7.05 Å². The molecule has 0 spiro atoms. The maximum absolute atomic E-state index is 5.74. The van der Waals surface area contributed by atoms with Crippen LogP contribution in [0.4, 0.5) is 0 Å². The predicted octanol–water partition coefficient (Wildman–Crippen LogP) is 3.14. The minimum atomic E-state index is 0. The van der Waals surface area contributed by atoms with Crippen molar-refractivity contribution in [2.24, 2.45) is 10.9 Å². The molecule has 2 fully saturated rings. The lowest BCUT2D eigenvalue weighted by Gasteiger charge is -2.34. The van der Waals surface area contributed by atoms with E-state index in [0.29, 0.717) is 0 Å². The molecule has 1 heterocycles. The van der Waals surface area contributed by atoms with Crippen molar-refractivity contribution in [1.82, 2.24) is 20.0 Å². The molecule has 0 amide bonds. The van der Waals surface area contributed by atoms with Crippen molar-refractivity contribution in [2.75, 3.05) is 73.1 Å². The first-order valence-corrected chi connectivity index (χ1v) is 11.7. The molecular weight excluding hydrogens is 501 g/mol. The van der Waals surface area contributed by atoms with Crippen LogP contribution in [0.1, 0.15) is 31.2 Å². The summed E-state index contributed by atoms with van der Waals surface area (Å²) in [4.78, 5) is 11.8. The number of guanidine groups is 1. The highest BCUT2D eigenvalue weighted by Crippen LogP contribution is 2.28. The smallest absolute Gasteiger partial charge is 0.193 e. The van der Waals surface area contributed by atoms with E-state index in [4.69, 9.17) is 4.74 Å². The van der Waals surface area contributed by atoms with Crippen molar-refractivity contribution >= 4 is 29.9 Å². The molecule has 7 heteroatoms. The fraction of sp³-hybridized carbons (Fsp3) is 0.708. The largest absolute Gasteiger partial charge is 0.379 e. The first kappa shape index (κ1) is 26.4. The molecule has 1 N–H and O–H groups in total. The number of halogens is 1. The first-order valence-electron chi connectivity index (χ1n) is 11.7. The van der Waals surface area contributed by atoms with Gasteiger partial charge in [0.1, 0.15) is 0 Å². The molecule has 0 aromatic heterocycles. The van der Waals surface area contributed by atoms with E-state index < -0.39 is 0 Å². The summed E-state index contributed by atoms with van der Waals surface area (Å²) in [5.41, 5.74) is 1.42. The van der Waals surface area contributed by atoms with Crippen molar-refractivity contribution < 1.29 is 4.74 Å². The van der Waals surface area contributed by atoms with Crippen LogP contribution in [-0.4, -0.2) is 93.8 Å². The number of hydrogen-bond acceptors (Lipinski definition) is 4. The molecule has 1 aromatic carbocycles. The number of likely N-dealkylation sites (N-methyl/N-ethyl adjacent to an activating group) is 1. The van der Waals surface area contributed by atoms with Gasteiger partial charge < -0.3 is 19.9 Å². The summed E-state index contributed by atoms with van der Waals surface area (Å²) in [5.74, 6) is 1.80. The molecule has 1 saturated carbocycles.